The Hall–Kier alpha value is -6.26. The lowest BCUT2D eigenvalue weighted by atomic mass is 9.83. The van der Waals surface area contributed by atoms with Gasteiger partial charge >= 0.3 is 0 Å². The van der Waals surface area contributed by atoms with Crippen LogP contribution in [0.3, 0.4) is 0 Å². The van der Waals surface area contributed by atoms with Crippen molar-refractivity contribution in [1.29, 1.82) is 0 Å². The minimum Gasteiger partial charge on any atom is -0.507 e. The Morgan fingerprint density at radius 2 is 1.35 bits per heavy atom. The highest BCUT2D eigenvalue weighted by atomic mass is 16.3. The van der Waals surface area contributed by atoms with Crippen LogP contribution in [0.4, 0.5) is 0 Å². The van der Waals surface area contributed by atoms with E-state index in [1.54, 1.807) is 12.1 Å². The molecule has 0 saturated carbocycles. The molecule has 2 aromatic heterocycles. The minimum atomic E-state index is -2.16. The normalized spacial score (nSPS) is 13.9. The number of para-hydroxylation sites is 2. The number of phenolic OH excluding ortho intramolecular Hbond substituents is 1. The van der Waals surface area contributed by atoms with Gasteiger partial charge in [0.05, 0.1) is 28.0 Å². The summed E-state index contributed by atoms with van der Waals surface area (Å²) in [6, 6.07) is 47.1. The van der Waals surface area contributed by atoms with Crippen LogP contribution in [0.1, 0.15) is 60.0 Å². The predicted molar refractivity (Wildman–Crippen MR) is 228 cm³/mol. The molecular formula is C51H45N3O. The first kappa shape index (κ1) is 31.1. The Kier molecular flexibility index (Phi) is 7.84. The number of pyridine rings is 1. The second-order valence-corrected chi connectivity index (χ2v) is 15.7. The number of imidazole rings is 1. The average molecular weight is 719 g/mol. The highest BCUT2D eigenvalue weighted by Crippen LogP contribution is 2.43. The summed E-state index contributed by atoms with van der Waals surface area (Å²) in [5.41, 5.74) is 15.1. The Morgan fingerprint density at radius 1 is 0.618 bits per heavy atom. The van der Waals surface area contributed by atoms with Crippen molar-refractivity contribution >= 4 is 11.0 Å². The molecule has 9 rings (SSSR count). The van der Waals surface area contributed by atoms with Gasteiger partial charge in [-0.1, -0.05) is 117 Å². The van der Waals surface area contributed by atoms with Gasteiger partial charge in [-0.05, 0) is 125 Å². The number of aryl methyl sites for hydroxylation is 3. The van der Waals surface area contributed by atoms with E-state index in [-0.39, 0.29) is 11.2 Å². The quantitative estimate of drug-likeness (QED) is 0.186. The summed E-state index contributed by atoms with van der Waals surface area (Å²) in [5, 5.41) is 11.7. The number of benzene rings is 6. The van der Waals surface area contributed by atoms with Crippen LogP contribution in [0.2, 0.25) is 0 Å². The van der Waals surface area contributed by atoms with Crippen LogP contribution in [-0.2, 0) is 18.3 Å². The van der Waals surface area contributed by atoms with Crippen LogP contribution in [0, 0.1) is 6.85 Å². The summed E-state index contributed by atoms with van der Waals surface area (Å²) < 4.78 is 25.6. The fraction of sp³-hybridized carbons (Fsp3) is 0.176. The Bertz CT molecular complexity index is 2810. The maximum atomic E-state index is 11.7. The third-order valence-electron chi connectivity index (χ3n) is 11.0. The Balaban J connectivity index is 1.25. The average Bonchev–Trinajstić information content (AvgIpc) is 3.62. The molecule has 0 saturated heterocycles. The van der Waals surface area contributed by atoms with Gasteiger partial charge < -0.3 is 5.11 Å². The largest absolute Gasteiger partial charge is 0.507 e. The van der Waals surface area contributed by atoms with Crippen LogP contribution in [0.15, 0.2) is 146 Å². The molecule has 2 heterocycles. The molecule has 6 aromatic carbocycles. The molecule has 0 unspecified atom stereocenters. The van der Waals surface area contributed by atoms with Crippen LogP contribution >= 0.6 is 0 Å². The van der Waals surface area contributed by atoms with Crippen molar-refractivity contribution in [3.05, 3.63) is 168 Å². The molecule has 4 nitrogen and oxygen atoms in total. The van der Waals surface area contributed by atoms with Gasteiger partial charge in [0.1, 0.15) is 11.6 Å². The maximum absolute atomic E-state index is 11.7. The van der Waals surface area contributed by atoms with Crippen molar-refractivity contribution in [2.75, 3.05) is 0 Å². The second-order valence-electron chi connectivity index (χ2n) is 15.7. The van der Waals surface area contributed by atoms with E-state index in [0.29, 0.717) is 11.4 Å². The van der Waals surface area contributed by atoms with E-state index in [9.17, 15) is 5.11 Å². The summed E-state index contributed by atoms with van der Waals surface area (Å²) in [5.74, 6) is 0.940. The van der Waals surface area contributed by atoms with Gasteiger partial charge in [0.2, 0.25) is 0 Å². The molecule has 270 valence electrons. The number of aromatic hydroxyl groups is 1. The van der Waals surface area contributed by atoms with Gasteiger partial charge in [-0.25, -0.2) is 4.98 Å². The van der Waals surface area contributed by atoms with Crippen molar-refractivity contribution in [3.8, 4) is 67.5 Å². The summed E-state index contributed by atoms with van der Waals surface area (Å²) in [6.45, 7) is 4.51. The highest BCUT2D eigenvalue weighted by Gasteiger charge is 2.25. The van der Waals surface area contributed by atoms with E-state index in [4.69, 9.17) is 14.1 Å². The smallest absolute Gasteiger partial charge is 0.149 e. The third-order valence-corrected chi connectivity index (χ3v) is 11.0. The number of fused-ring (bicyclic) bond motifs is 2. The summed E-state index contributed by atoms with van der Waals surface area (Å²) in [7, 11) is 0. The molecule has 0 amide bonds. The summed E-state index contributed by atoms with van der Waals surface area (Å²) in [6.07, 6.45) is 6.04. The lowest BCUT2D eigenvalue weighted by Crippen LogP contribution is -2.11. The molecular weight excluding hydrogens is 671 g/mol. The van der Waals surface area contributed by atoms with Crippen molar-refractivity contribution in [2.24, 2.45) is 0 Å². The van der Waals surface area contributed by atoms with E-state index >= 15 is 0 Å². The molecule has 1 aliphatic rings. The van der Waals surface area contributed by atoms with Crippen LogP contribution in [0.5, 0.6) is 5.75 Å². The molecule has 0 spiro atoms. The topological polar surface area (TPSA) is 50.9 Å². The molecule has 0 fully saturated rings. The summed E-state index contributed by atoms with van der Waals surface area (Å²) in [4.78, 5) is 10.4. The molecule has 4 heteroatoms. The Labute approximate surface area is 328 Å². The molecule has 55 heavy (non-hydrogen) atoms. The van der Waals surface area contributed by atoms with E-state index in [0.717, 1.165) is 98.2 Å². The maximum Gasteiger partial charge on any atom is 0.149 e. The molecule has 1 N–H and O–H groups in total. The number of hydrogen-bond donors (Lipinski definition) is 1. The van der Waals surface area contributed by atoms with Crippen molar-refractivity contribution in [3.63, 3.8) is 0 Å². The zero-order valence-corrected chi connectivity index (χ0v) is 31.5. The first-order valence-electron chi connectivity index (χ1n) is 20.7. The van der Waals surface area contributed by atoms with E-state index in [1.165, 1.54) is 11.1 Å². The van der Waals surface area contributed by atoms with Gasteiger partial charge in [-0.15, -0.1) is 0 Å². The van der Waals surface area contributed by atoms with Crippen LogP contribution < -0.4 is 0 Å². The second kappa shape index (κ2) is 13.9. The molecule has 0 atom stereocenters. The van der Waals surface area contributed by atoms with Gasteiger partial charge in [0, 0.05) is 27.0 Å². The number of phenols is 1. The Morgan fingerprint density at radius 3 is 2.13 bits per heavy atom. The number of nitrogens with zero attached hydrogens (tertiary/aromatic N) is 3. The fourth-order valence-electron chi connectivity index (χ4n) is 8.03. The van der Waals surface area contributed by atoms with E-state index < -0.39 is 6.85 Å². The predicted octanol–water partition coefficient (Wildman–Crippen LogP) is 12.9. The molecule has 1 aliphatic carbocycles. The fourth-order valence-corrected chi connectivity index (χ4v) is 8.03. The molecule has 0 radical (unpaired) electrons. The minimum absolute atomic E-state index is 0.171. The van der Waals surface area contributed by atoms with Crippen molar-refractivity contribution < 1.29 is 9.22 Å². The van der Waals surface area contributed by atoms with Crippen molar-refractivity contribution in [2.45, 2.75) is 58.7 Å². The van der Waals surface area contributed by atoms with Gasteiger partial charge in [0.15, 0.2) is 0 Å². The molecule has 8 aromatic rings. The first-order valence-corrected chi connectivity index (χ1v) is 19.2. The van der Waals surface area contributed by atoms with Gasteiger partial charge in [-0.3, -0.25) is 9.55 Å². The lowest BCUT2D eigenvalue weighted by Gasteiger charge is -2.22. The SMILES string of the molecule is [2H]C([2H])([2H])c1ccc(-c2ccnc(-c3cc(-c4cccc5c4nc(-c4cc6c(cc4O)CCCC6)n5-c4ccccc4-c4ccccc4)cc(C(C)(C)C)c3)c2)cc1. The van der Waals surface area contributed by atoms with Crippen LogP contribution in [0.25, 0.3) is 72.7 Å². The molecule has 0 aliphatic heterocycles. The number of rotatable bonds is 6. The zero-order valence-electron chi connectivity index (χ0n) is 34.5. The van der Waals surface area contributed by atoms with Gasteiger partial charge in [-0.2, -0.15) is 0 Å². The van der Waals surface area contributed by atoms with Crippen LogP contribution in [-0.4, -0.2) is 19.6 Å². The standard InChI is InChI=1S/C51H45N3O/c1-33-21-23-34(24-22-33)38-25-26-52-45(31-38)40-27-39(28-41(29-40)51(2,3)4)43-18-12-20-47-49(43)53-50(44-30-36-15-8-9-16-37(36)32-48(44)55)54(47)46-19-11-10-17-42(46)35-13-6-5-7-14-35/h5-7,10-14,17-32,55H,8-9,15-16H2,1-4H3/i1D3. The van der Waals surface area contributed by atoms with Gasteiger partial charge in [0.25, 0.3) is 0 Å². The number of hydrogen-bond acceptors (Lipinski definition) is 3. The lowest BCUT2D eigenvalue weighted by molar-refractivity contribution is 0.474. The van der Waals surface area contributed by atoms with Crippen molar-refractivity contribution in [1.82, 2.24) is 14.5 Å². The third kappa shape index (κ3) is 6.52. The zero-order chi connectivity index (χ0) is 40.2. The highest BCUT2D eigenvalue weighted by molar-refractivity contribution is 5.97. The first-order chi connectivity index (χ1) is 27.9. The molecule has 0 bridgehead atoms. The van der Waals surface area contributed by atoms with E-state index in [2.05, 4.69) is 122 Å². The van der Waals surface area contributed by atoms with E-state index in [1.807, 2.05) is 36.5 Å². The number of aromatic nitrogens is 3. The summed E-state index contributed by atoms with van der Waals surface area (Å²) >= 11 is 0. The monoisotopic (exact) mass is 718 g/mol.